The summed E-state index contributed by atoms with van der Waals surface area (Å²) in [6, 6.07) is 0. The monoisotopic (exact) mass is 235 g/mol. The smallest absolute Gasteiger partial charge is 0.223 e. The number of amides is 1. The Labute approximate surface area is 101 Å². The van der Waals surface area contributed by atoms with Crippen LogP contribution >= 0.6 is 0 Å². The zero-order valence-electron chi connectivity index (χ0n) is 10.1. The molecule has 3 rings (SSSR count). The summed E-state index contributed by atoms with van der Waals surface area (Å²) in [5.41, 5.74) is -0.336. The van der Waals surface area contributed by atoms with Crippen LogP contribution in [0.2, 0.25) is 0 Å². The van der Waals surface area contributed by atoms with Crippen LogP contribution in [-0.4, -0.2) is 35.3 Å². The quantitative estimate of drug-likeness (QED) is 0.724. The molecule has 1 aliphatic carbocycles. The summed E-state index contributed by atoms with van der Waals surface area (Å²) >= 11 is 0. The maximum absolute atomic E-state index is 12.2. The molecule has 0 N–H and O–H groups in total. The molecule has 92 valence electrons. The Morgan fingerprint density at radius 2 is 2.35 bits per heavy atom. The predicted molar refractivity (Wildman–Crippen MR) is 61.1 cm³/mol. The van der Waals surface area contributed by atoms with Gasteiger partial charge in [-0.2, -0.15) is 0 Å². The van der Waals surface area contributed by atoms with Crippen molar-refractivity contribution in [2.45, 2.75) is 38.1 Å². The van der Waals surface area contributed by atoms with Gasteiger partial charge in [0.25, 0.3) is 0 Å². The van der Waals surface area contributed by atoms with Crippen LogP contribution in [0.4, 0.5) is 0 Å². The molecule has 4 nitrogen and oxygen atoms in total. The standard InChI is InChI=1S/C13H17NO3/c1-2-17-10-8-13-6-5-11(15)14(13)7-3-4-9(13)12(10)16/h8-9H,2-7H2,1H3/t9-,13-/m1/s1. The third-order valence-corrected chi connectivity index (χ3v) is 4.26. The summed E-state index contributed by atoms with van der Waals surface area (Å²) in [6.07, 6.45) is 5.08. The zero-order valence-corrected chi connectivity index (χ0v) is 10.1. The van der Waals surface area contributed by atoms with Crippen LogP contribution < -0.4 is 0 Å². The fraction of sp³-hybridized carbons (Fsp3) is 0.692. The van der Waals surface area contributed by atoms with E-state index in [0.29, 0.717) is 18.8 Å². The van der Waals surface area contributed by atoms with Gasteiger partial charge in [-0.25, -0.2) is 0 Å². The molecule has 2 atom stereocenters. The second-order valence-corrected chi connectivity index (χ2v) is 5.04. The predicted octanol–water partition coefficient (Wildman–Crippen LogP) is 1.26. The average molecular weight is 235 g/mol. The summed E-state index contributed by atoms with van der Waals surface area (Å²) in [4.78, 5) is 26.0. The Morgan fingerprint density at radius 3 is 3.12 bits per heavy atom. The molecule has 0 aromatic carbocycles. The van der Waals surface area contributed by atoms with Crippen molar-refractivity contribution in [2.75, 3.05) is 13.2 Å². The summed E-state index contributed by atoms with van der Waals surface area (Å²) in [7, 11) is 0. The van der Waals surface area contributed by atoms with E-state index in [0.717, 1.165) is 25.8 Å². The molecule has 0 aromatic heterocycles. The van der Waals surface area contributed by atoms with Gasteiger partial charge in [-0.15, -0.1) is 0 Å². The SMILES string of the molecule is CCOC1=C[C@@]23CCC(=O)N2CCC[C@@H]3C1=O. The lowest BCUT2D eigenvalue weighted by atomic mass is 9.78. The van der Waals surface area contributed by atoms with Crippen LogP contribution in [0, 0.1) is 5.92 Å². The molecule has 0 radical (unpaired) electrons. The number of Topliss-reactive ketones (excluding diaryl/α,β-unsaturated/α-hetero) is 1. The number of allylic oxidation sites excluding steroid dienone is 1. The minimum absolute atomic E-state index is 0.0516. The fourth-order valence-electron chi connectivity index (χ4n) is 3.55. The molecule has 0 unspecified atom stereocenters. The van der Waals surface area contributed by atoms with Crippen LogP contribution in [0.1, 0.15) is 32.6 Å². The van der Waals surface area contributed by atoms with Gasteiger partial charge in [0.15, 0.2) is 5.76 Å². The van der Waals surface area contributed by atoms with Gasteiger partial charge in [0.1, 0.15) is 0 Å². The van der Waals surface area contributed by atoms with Crippen molar-refractivity contribution < 1.29 is 14.3 Å². The van der Waals surface area contributed by atoms with E-state index in [-0.39, 0.29) is 23.1 Å². The summed E-state index contributed by atoms with van der Waals surface area (Å²) in [6.45, 7) is 3.18. The third-order valence-electron chi connectivity index (χ3n) is 4.26. The largest absolute Gasteiger partial charge is 0.490 e. The van der Waals surface area contributed by atoms with E-state index in [2.05, 4.69) is 0 Å². The highest BCUT2D eigenvalue weighted by molar-refractivity contribution is 6.01. The van der Waals surface area contributed by atoms with Crippen molar-refractivity contribution in [1.82, 2.24) is 4.90 Å². The van der Waals surface area contributed by atoms with Crippen LogP contribution in [0.15, 0.2) is 11.8 Å². The van der Waals surface area contributed by atoms with Gasteiger partial charge in [-0.3, -0.25) is 9.59 Å². The summed E-state index contributed by atoms with van der Waals surface area (Å²) in [5, 5.41) is 0. The number of nitrogens with zero attached hydrogens (tertiary/aromatic N) is 1. The van der Waals surface area contributed by atoms with Crippen molar-refractivity contribution in [1.29, 1.82) is 0 Å². The molecule has 2 fully saturated rings. The molecule has 1 spiro atoms. The van der Waals surface area contributed by atoms with Gasteiger partial charge in [0.05, 0.1) is 18.1 Å². The molecule has 0 bridgehead atoms. The highest BCUT2D eigenvalue weighted by Gasteiger charge is 2.58. The van der Waals surface area contributed by atoms with Crippen molar-refractivity contribution in [2.24, 2.45) is 5.92 Å². The number of carbonyl (C=O) groups is 2. The first-order valence-electron chi connectivity index (χ1n) is 6.39. The molecule has 3 aliphatic rings. The second-order valence-electron chi connectivity index (χ2n) is 5.04. The van der Waals surface area contributed by atoms with E-state index in [1.54, 1.807) is 0 Å². The zero-order chi connectivity index (χ0) is 12.0. The Kier molecular flexibility index (Phi) is 2.28. The third kappa shape index (κ3) is 1.30. The minimum Gasteiger partial charge on any atom is -0.490 e. The molecule has 2 saturated heterocycles. The number of carbonyl (C=O) groups excluding carboxylic acids is 2. The number of hydrogen-bond acceptors (Lipinski definition) is 3. The molecule has 2 heterocycles. The Balaban J connectivity index is 2.01. The average Bonchev–Trinajstić information content (AvgIpc) is 2.79. The second kappa shape index (κ2) is 3.59. The van der Waals surface area contributed by atoms with E-state index >= 15 is 0 Å². The van der Waals surface area contributed by atoms with Crippen molar-refractivity contribution in [3.05, 3.63) is 11.8 Å². The lowest BCUT2D eigenvalue weighted by molar-refractivity contribution is -0.135. The van der Waals surface area contributed by atoms with Crippen LogP contribution in [-0.2, 0) is 14.3 Å². The maximum atomic E-state index is 12.2. The number of hydrogen-bond donors (Lipinski definition) is 0. The van der Waals surface area contributed by atoms with Crippen LogP contribution in [0.3, 0.4) is 0 Å². The van der Waals surface area contributed by atoms with Gasteiger partial charge in [0, 0.05) is 13.0 Å². The van der Waals surface area contributed by atoms with E-state index in [4.69, 9.17) is 4.74 Å². The molecular weight excluding hydrogens is 218 g/mol. The lowest BCUT2D eigenvalue weighted by Crippen LogP contribution is -2.53. The Morgan fingerprint density at radius 1 is 1.53 bits per heavy atom. The number of rotatable bonds is 2. The number of ether oxygens (including phenoxy) is 1. The van der Waals surface area contributed by atoms with Crippen LogP contribution in [0.5, 0.6) is 0 Å². The van der Waals surface area contributed by atoms with E-state index in [1.807, 2.05) is 17.9 Å². The number of piperidine rings is 1. The van der Waals surface area contributed by atoms with Gasteiger partial charge in [-0.05, 0) is 32.3 Å². The molecule has 2 aliphatic heterocycles. The first kappa shape index (κ1) is 10.8. The molecule has 17 heavy (non-hydrogen) atoms. The first-order chi connectivity index (χ1) is 8.19. The fourth-order valence-corrected chi connectivity index (χ4v) is 3.55. The van der Waals surface area contributed by atoms with Crippen molar-refractivity contribution in [3.8, 4) is 0 Å². The van der Waals surface area contributed by atoms with E-state index in [1.165, 1.54) is 0 Å². The molecule has 1 amide bonds. The lowest BCUT2D eigenvalue weighted by Gasteiger charge is -2.42. The minimum atomic E-state index is -0.336. The van der Waals surface area contributed by atoms with Gasteiger partial charge < -0.3 is 9.64 Å². The van der Waals surface area contributed by atoms with Gasteiger partial charge >= 0.3 is 0 Å². The molecular formula is C13H17NO3. The van der Waals surface area contributed by atoms with Crippen molar-refractivity contribution >= 4 is 11.7 Å². The Bertz CT molecular complexity index is 415. The summed E-state index contributed by atoms with van der Waals surface area (Å²) < 4.78 is 5.42. The summed E-state index contributed by atoms with van der Waals surface area (Å²) in [5.74, 6) is 0.728. The van der Waals surface area contributed by atoms with Crippen molar-refractivity contribution in [3.63, 3.8) is 0 Å². The molecule has 0 aromatic rings. The molecule has 0 saturated carbocycles. The first-order valence-corrected chi connectivity index (χ1v) is 6.39. The normalized spacial score (nSPS) is 35.7. The van der Waals surface area contributed by atoms with E-state index in [9.17, 15) is 9.59 Å². The molecule has 4 heteroatoms. The highest BCUT2D eigenvalue weighted by Crippen LogP contribution is 2.49. The number of ketones is 1. The van der Waals surface area contributed by atoms with Crippen LogP contribution in [0.25, 0.3) is 0 Å². The highest BCUT2D eigenvalue weighted by atomic mass is 16.5. The van der Waals surface area contributed by atoms with Gasteiger partial charge in [-0.1, -0.05) is 0 Å². The van der Waals surface area contributed by atoms with E-state index < -0.39 is 0 Å². The maximum Gasteiger partial charge on any atom is 0.223 e. The topological polar surface area (TPSA) is 46.6 Å². The van der Waals surface area contributed by atoms with Gasteiger partial charge in [0.2, 0.25) is 11.7 Å². The Hall–Kier alpha value is -1.32.